The lowest BCUT2D eigenvalue weighted by molar-refractivity contribution is 0.0546. The highest BCUT2D eigenvalue weighted by atomic mass is 16.3. The van der Waals surface area contributed by atoms with Gasteiger partial charge in [-0.25, -0.2) is 0 Å². The third-order valence-electron chi connectivity index (χ3n) is 2.97. The minimum atomic E-state index is -0.194. The summed E-state index contributed by atoms with van der Waals surface area (Å²) >= 11 is 0. The largest absolute Gasteiger partial charge is 0.396 e. The van der Waals surface area contributed by atoms with Crippen LogP contribution in [0.1, 0.15) is 25.7 Å². The van der Waals surface area contributed by atoms with Gasteiger partial charge in [-0.3, -0.25) is 0 Å². The van der Waals surface area contributed by atoms with Gasteiger partial charge in [-0.1, -0.05) is 0 Å². The molecule has 0 spiro atoms. The second kappa shape index (κ2) is 5.58. The first-order valence-corrected chi connectivity index (χ1v) is 5.21. The smallest absolute Gasteiger partial charge is 0.0570 e. The number of piperidine rings is 1. The zero-order valence-electron chi connectivity index (χ0n) is 8.45. The Morgan fingerprint density at radius 1 is 1.38 bits per heavy atom. The molecule has 1 atom stereocenters. The Bertz CT molecular complexity index is 133. The van der Waals surface area contributed by atoms with Crippen LogP contribution in [0.2, 0.25) is 0 Å². The molecule has 0 amide bonds. The predicted octanol–water partition coefficient (Wildman–Crippen LogP) is 0.462. The van der Waals surface area contributed by atoms with Gasteiger partial charge >= 0.3 is 0 Å². The van der Waals surface area contributed by atoms with Crippen LogP contribution in [-0.4, -0.2) is 48.0 Å². The van der Waals surface area contributed by atoms with Crippen LogP contribution >= 0.6 is 0 Å². The molecule has 0 bridgehead atoms. The topological polar surface area (TPSA) is 43.7 Å². The predicted molar refractivity (Wildman–Crippen MR) is 52.5 cm³/mol. The van der Waals surface area contributed by atoms with Gasteiger partial charge in [0.15, 0.2) is 0 Å². The molecule has 0 aromatic heterocycles. The molecule has 1 aliphatic rings. The van der Waals surface area contributed by atoms with E-state index in [2.05, 4.69) is 11.9 Å². The van der Waals surface area contributed by atoms with E-state index in [9.17, 15) is 5.11 Å². The highest BCUT2D eigenvalue weighted by molar-refractivity contribution is 4.75. The molecule has 78 valence electrons. The number of rotatable bonds is 4. The fourth-order valence-corrected chi connectivity index (χ4v) is 1.95. The maximum atomic E-state index is 9.76. The highest BCUT2D eigenvalue weighted by Crippen LogP contribution is 2.22. The Morgan fingerprint density at radius 2 is 2.00 bits per heavy atom. The van der Waals surface area contributed by atoms with Gasteiger partial charge in [-0.05, 0) is 51.7 Å². The standard InChI is InChI=1S/C10H21NO2/c1-11-6-4-9(5-7-11)10(13)3-2-8-12/h9-10,12-13H,2-8H2,1H3. The lowest BCUT2D eigenvalue weighted by Gasteiger charge is -2.31. The van der Waals surface area contributed by atoms with Crippen molar-refractivity contribution in [1.29, 1.82) is 0 Å². The van der Waals surface area contributed by atoms with E-state index in [1.165, 1.54) is 0 Å². The molecular formula is C10H21NO2. The summed E-state index contributed by atoms with van der Waals surface area (Å²) in [6, 6.07) is 0. The van der Waals surface area contributed by atoms with Gasteiger partial charge in [0.1, 0.15) is 0 Å². The highest BCUT2D eigenvalue weighted by Gasteiger charge is 2.22. The fraction of sp³-hybridized carbons (Fsp3) is 1.00. The Hall–Kier alpha value is -0.120. The monoisotopic (exact) mass is 187 g/mol. The van der Waals surface area contributed by atoms with Gasteiger partial charge in [0.05, 0.1) is 6.10 Å². The number of nitrogens with zero attached hydrogens (tertiary/aromatic N) is 1. The molecule has 1 rings (SSSR count). The molecule has 2 N–H and O–H groups in total. The summed E-state index contributed by atoms with van der Waals surface area (Å²) in [5.74, 6) is 0.461. The minimum absolute atomic E-state index is 0.194. The van der Waals surface area contributed by atoms with Crippen LogP contribution in [0.5, 0.6) is 0 Å². The van der Waals surface area contributed by atoms with Gasteiger partial charge in [-0.2, -0.15) is 0 Å². The maximum absolute atomic E-state index is 9.76. The summed E-state index contributed by atoms with van der Waals surface area (Å²) in [5, 5.41) is 18.4. The van der Waals surface area contributed by atoms with Crippen molar-refractivity contribution < 1.29 is 10.2 Å². The number of hydrogen-bond donors (Lipinski definition) is 2. The average molecular weight is 187 g/mol. The number of hydrogen-bond acceptors (Lipinski definition) is 3. The van der Waals surface area contributed by atoms with Gasteiger partial charge in [0, 0.05) is 6.61 Å². The van der Waals surface area contributed by atoms with Crippen molar-refractivity contribution >= 4 is 0 Å². The van der Waals surface area contributed by atoms with Gasteiger partial charge in [-0.15, -0.1) is 0 Å². The Labute approximate surface area is 80.4 Å². The summed E-state index contributed by atoms with van der Waals surface area (Å²) in [6.45, 7) is 2.39. The van der Waals surface area contributed by atoms with E-state index in [1.807, 2.05) is 0 Å². The molecule has 13 heavy (non-hydrogen) atoms. The first-order valence-electron chi connectivity index (χ1n) is 5.21. The van der Waals surface area contributed by atoms with Crippen LogP contribution in [0.3, 0.4) is 0 Å². The van der Waals surface area contributed by atoms with Crippen LogP contribution in [0.25, 0.3) is 0 Å². The van der Waals surface area contributed by atoms with E-state index in [-0.39, 0.29) is 12.7 Å². The molecule has 3 nitrogen and oxygen atoms in total. The SMILES string of the molecule is CN1CCC(C(O)CCCO)CC1. The van der Waals surface area contributed by atoms with Crippen LogP contribution in [0.15, 0.2) is 0 Å². The molecular weight excluding hydrogens is 166 g/mol. The average Bonchev–Trinajstić information content (AvgIpc) is 2.15. The molecule has 0 radical (unpaired) electrons. The van der Waals surface area contributed by atoms with Crippen molar-refractivity contribution in [1.82, 2.24) is 4.90 Å². The number of aliphatic hydroxyl groups excluding tert-OH is 2. The van der Waals surface area contributed by atoms with Crippen molar-refractivity contribution in [2.45, 2.75) is 31.8 Å². The van der Waals surface area contributed by atoms with Crippen molar-refractivity contribution in [3.63, 3.8) is 0 Å². The molecule has 1 aliphatic heterocycles. The molecule has 0 aromatic carbocycles. The Balaban J connectivity index is 2.19. The van der Waals surface area contributed by atoms with E-state index < -0.39 is 0 Å². The van der Waals surface area contributed by atoms with Crippen molar-refractivity contribution in [2.75, 3.05) is 26.7 Å². The Kier molecular flexibility index (Phi) is 4.70. The summed E-state index contributed by atoms with van der Waals surface area (Å²) in [5.41, 5.74) is 0. The molecule has 0 aromatic rings. The van der Waals surface area contributed by atoms with Gasteiger partial charge in [0.2, 0.25) is 0 Å². The van der Waals surface area contributed by atoms with Crippen molar-refractivity contribution in [2.24, 2.45) is 5.92 Å². The first-order chi connectivity index (χ1) is 6.24. The van der Waals surface area contributed by atoms with Crippen LogP contribution in [0, 0.1) is 5.92 Å². The van der Waals surface area contributed by atoms with E-state index in [1.54, 1.807) is 0 Å². The van der Waals surface area contributed by atoms with Gasteiger partial charge < -0.3 is 15.1 Å². The third kappa shape index (κ3) is 3.63. The zero-order valence-corrected chi connectivity index (χ0v) is 8.45. The number of likely N-dealkylation sites (tertiary alicyclic amines) is 1. The fourth-order valence-electron chi connectivity index (χ4n) is 1.95. The summed E-state index contributed by atoms with van der Waals surface area (Å²) in [4.78, 5) is 2.30. The molecule has 1 fully saturated rings. The van der Waals surface area contributed by atoms with Crippen molar-refractivity contribution in [3.05, 3.63) is 0 Å². The number of aliphatic hydroxyl groups is 2. The molecule has 3 heteroatoms. The molecule has 1 heterocycles. The van der Waals surface area contributed by atoms with Gasteiger partial charge in [0.25, 0.3) is 0 Å². The lowest BCUT2D eigenvalue weighted by atomic mass is 9.89. The van der Waals surface area contributed by atoms with Crippen molar-refractivity contribution in [3.8, 4) is 0 Å². The normalized spacial score (nSPS) is 23.3. The second-order valence-electron chi connectivity index (χ2n) is 4.07. The van der Waals surface area contributed by atoms with E-state index in [0.29, 0.717) is 5.92 Å². The van der Waals surface area contributed by atoms with Crippen LogP contribution in [-0.2, 0) is 0 Å². The summed E-state index contributed by atoms with van der Waals surface area (Å²) in [6.07, 6.45) is 3.49. The van der Waals surface area contributed by atoms with E-state index in [0.717, 1.165) is 38.8 Å². The first kappa shape index (κ1) is 11.0. The van der Waals surface area contributed by atoms with Crippen LogP contribution < -0.4 is 0 Å². The Morgan fingerprint density at radius 3 is 2.54 bits per heavy atom. The molecule has 1 saturated heterocycles. The minimum Gasteiger partial charge on any atom is -0.396 e. The lowest BCUT2D eigenvalue weighted by Crippen LogP contribution is -2.35. The second-order valence-corrected chi connectivity index (χ2v) is 4.07. The maximum Gasteiger partial charge on any atom is 0.0570 e. The molecule has 0 saturated carbocycles. The summed E-state index contributed by atoms with van der Waals surface area (Å²) < 4.78 is 0. The van der Waals surface area contributed by atoms with E-state index in [4.69, 9.17) is 5.11 Å². The molecule has 1 unspecified atom stereocenters. The summed E-state index contributed by atoms with van der Waals surface area (Å²) in [7, 11) is 2.12. The quantitative estimate of drug-likeness (QED) is 0.672. The van der Waals surface area contributed by atoms with Crippen LogP contribution in [0.4, 0.5) is 0 Å². The third-order valence-corrected chi connectivity index (χ3v) is 2.97. The zero-order chi connectivity index (χ0) is 9.68. The molecule has 0 aliphatic carbocycles. The van der Waals surface area contributed by atoms with E-state index >= 15 is 0 Å².